The van der Waals surface area contributed by atoms with Gasteiger partial charge in [-0.3, -0.25) is 19.4 Å². The number of hydrogen-bond acceptors (Lipinski definition) is 12. The van der Waals surface area contributed by atoms with Gasteiger partial charge >= 0.3 is 23.9 Å². The molecule has 0 fully saturated rings. The third kappa shape index (κ3) is 7.71. The van der Waals surface area contributed by atoms with E-state index >= 15 is 0 Å². The number of allylic oxidation sites excluding steroid dienone is 11. The molecule has 3 N–H and O–H groups in total. The molecule has 0 aromatic carbocycles. The number of nitrogens with one attached hydrogen (secondary N) is 1. The van der Waals surface area contributed by atoms with Crippen molar-refractivity contribution in [3.8, 4) is 0 Å². The molecule has 13 heteroatoms. The first-order valence-corrected chi connectivity index (χ1v) is 19.2. The number of methoxy groups -OCH3 is 2. The van der Waals surface area contributed by atoms with Crippen LogP contribution in [0.15, 0.2) is 103 Å². The van der Waals surface area contributed by atoms with E-state index in [9.17, 15) is 29.4 Å². The Morgan fingerprint density at radius 1 is 0.862 bits per heavy atom. The predicted molar refractivity (Wildman–Crippen MR) is 218 cm³/mol. The molecule has 2 aliphatic carbocycles. The molecule has 0 spiro atoms. The second kappa shape index (κ2) is 17.3. The molecule has 1 aromatic heterocycles. The van der Waals surface area contributed by atoms with Gasteiger partial charge in [-0.25, -0.2) is 9.79 Å². The zero-order chi connectivity index (χ0) is 41.9. The first-order chi connectivity index (χ1) is 27.8. The Kier molecular flexibility index (Phi) is 12.4. The van der Waals surface area contributed by atoms with Crippen molar-refractivity contribution in [2.75, 3.05) is 40.6 Å². The van der Waals surface area contributed by atoms with E-state index in [1.165, 1.54) is 14.2 Å². The molecule has 0 saturated heterocycles. The maximum atomic E-state index is 13.8. The largest absolute Gasteiger partial charge is 0.469 e. The molecule has 3 aliphatic heterocycles. The van der Waals surface area contributed by atoms with Crippen molar-refractivity contribution in [2.24, 2.45) is 21.3 Å². The highest BCUT2D eigenvalue weighted by Crippen LogP contribution is 2.53. The monoisotopic (exact) mass is 791 g/mol. The van der Waals surface area contributed by atoms with E-state index in [1.807, 2.05) is 52.0 Å². The van der Waals surface area contributed by atoms with Crippen LogP contribution >= 0.6 is 0 Å². The summed E-state index contributed by atoms with van der Waals surface area (Å²) in [6.07, 6.45) is 14.3. The van der Waals surface area contributed by atoms with Gasteiger partial charge < -0.3 is 34.1 Å². The number of nitrogens with zero attached hydrogens (tertiary/aromatic N) is 2. The second-order valence-electron chi connectivity index (χ2n) is 14.7. The number of aromatic amines is 1. The summed E-state index contributed by atoms with van der Waals surface area (Å²) < 4.78 is 20.8. The van der Waals surface area contributed by atoms with Gasteiger partial charge in [-0.1, -0.05) is 24.8 Å². The number of H-pyrrole nitrogens is 1. The maximum Gasteiger partial charge on any atom is 0.334 e. The molecule has 6 rings (SSSR count). The lowest BCUT2D eigenvalue weighted by Crippen LogP contribution is -2.44. The maximum absolute atomic E-state index is 13.8. The molecule has 5 aliphatic rings. The van der Waals surface area contributed by atoms with Gasteiger partial charge in [-0.2, -0.15) is 0 Å². The number of aliphatic hydroxyl groups is 2. The van der Waals surface area contributed by atoms with E-state index in [0.29, 0.717) is 47.7 Å². The summed E-state index contributed by atoms with van der Waals surface area (Å²) >= 11 is 0. The van der Waals surface area contributed by atoms with Crippen molar-refractivity contribution < 1.29 is 48.3 Å². The summed E-state index contributed by atoms with van der Waals surface area (Å²) in [5, 5.41) is 18.4. The number of aliphatic imine (C=N–C) groups is 2. The van der Waals surface area contributed by atoms with Crippen molar-refractivity contribution in [1.82, 2.24) is 4.98 Å². The summed E-state index contributed by atoms with van der Waals surface area (Å²) in [5.41, 5.74) is 10.7. The minimum atomic E-state index is -1.17. The smallest absolute Gasteiger partial charge is 0.334 e. The van der Waals surface area contributed by atoms with Gasteiger partial charge in [0, 0.05) is 29.8 Å². The number of aromatic nitrogens is 1. The number of ether oxygens (including phenoxy) is 4. The van der Waals surface area contributed by atoms with Crippen LogP contribution in [0.1, 0.15) is 69.0 Å². The molecule has 304 valence electrons. The molecule has 58 heavy (non-hydrogen) atoms. The fourth-order valence-corrected chi connectivity index (χ4v) is 8.36. The van der Waals surface area contributed by atoms with Gasteiger partial charge in [-0.05, 0) is 116 Å². The van der Waals surface area contributed by atoms with Gasteiger partial charge in [0.2, 0.25) is 0 Å². The van der Waals surface area contributed by atoms with E-state index in [-0.39, 0.29) is 44.8 Å². The minimum absolute atomic E-state index is 0.0637. The molecule has 4 heterocycles. The third-order valence-electron chi connectivity index (χ3n) is 11.5. The van der Waals surface area contributed by atoms with E-state index in [0.717, 1.165) is 56.0 Å². The quantitative estimate of drug-likeness (QED) is 0.167. The van der Waals surface area contributed by atoms with Gasteiger partial charge in [0.15, 0.2) is 0 Å². The molecular weight excluding hydrogens is 743 g/mol. The normalized spacial score (nSPS) is 20.8. The van der Waals surface area contributed by atoms with Crippen molar-refractivity contribution in [2.45, 2.75) is 59.8 Å². The Hall–Kier alpha value is -5.92. The Labute approximate surface area is 337 Å². The van der Waals surface area contributed by atoms with Crippen LogP contribution in [-0.4, -0.2) is 91.1 Å². The van der Waals surface area contributed by atoms with Crippen LogP contribution in [0.4, 0.5) is 0 Å². The Bertz CT molecular complexity index is 2300. The highest BCUT2D eigenvalue weighted by Gasteiger charge is 2.55. The SMILES string of the molecule is C=CC1=C(C)C2=NC1=Cc1[nH]c(c(CCC(=O)OCCO)c1C)C=C1CC(=CC3=NC(=C2)C2=CC=C(C(=O)OC)[C@@H](C(=O)OC)[C@]23C)C(C)=C1CCC(=O)OCCO. The van der Waals surface area contributed by atoms with Crippen LogP contribution in [0.5, 0.6) is 0 Å². The molecule has 0 saturated carbocycles. The van der Waals surface area contributed by atoms with E-state index in [2.05, 4.69) is 11.6 Å². The number of esters is 4. The zero-order valence-corrected chi connectivity index (χ0v) is 33.7. The Morgan fingerprint density at radius 3 is 2.19 bits per heavy atom. The van der Waals surface area contributed by atoms with E-state index < -0.39 is 35.2 Å². The Balaban J connectivity index is 1.60. The standard InChI is InChI=1S/C45H49N3O10/c1-8-29-25(3)35-23-38-33-12-9-32(43(53)55-6)42(44(54)56-7)45(33,5)39(48-38)21-27-19-28(30(24(27)2)10-13-40(51)57-17-15-49)20-36-31(11-14-41(52)58-18-16-50)26(4)34(46-36)22-37(29)47-35/h8-9,12,20-23,42,46,49-50H,1,10-11,13-19H2,2-7H3/t42-,45+/m0/s1. The molecule has 0 unspecified atom stereocenters. The summed E-state index contributed by atoms with van der Waals surface area (Å²) in [5.74, 6) is -3.26. The molecule has 8 bridgehead atoms. The van der Waals surface area contributed by atoms with Crippen LogP contribution in [0.2, 0.25) is 0 Å². The third-order valence-corrected chi connectivity index (χ3v) is 11.5. The van der Waals surface area contributed by atoms with Crippen LogP contribution in [0.25, 0.3) is 12.2 Å². The molecule has 2 atom stereocenters. The number of carbonyl (C=O) groups excluding carboxylic acids is 4. The van der Waals surface area contributed by atoms with E-state index in [4.69, 9.17) is 28.9 Å². The fourth-order valence-electron chi connectivity index (χ4n) is 8.36. The number of hydrogen-bond donors (Lipinski definition) is 3. The van der Waals surface area contributed by atoms with Crippen molar-refractivity contribution >= 4 is 47.5 Å². The summed E-state index contributed by atoms with van der Waals surface area (Å²) in [6, 6.07) is 0. The minimum Gasteiger partial charge on any atom is -0.469 e. The van der Waals surface area contributed by atoms with Crippen LogP contribution in [0, 0.1) is 18.3 Å². The summed E-state index contributed by atoms with van der Waals surface area (Å²) in [6.45, 7) is 11.1. The lowest BCUT2D eigenvalue weighted by atomic mass is 9.63. The summed E-state index contributed by atoms with van der Waals surface area (Å²) in [7, 11) is 2.55. The zero-order valence-electron chi connectivity index (χ0n) is 33.7. The molecule has 13 nitrogen and oxygen atoms in total. The van der Waals surface area contributed by atoms with Crippen LogP contribution < -0.4 is 0 Å². The number of fused-ring (bicyclic) bond motifs is 9. The topological polar surface area (TPSA) is 186 Å². The lowest BCUT2D eigenvalue weighted by Gasteiger charge is -2.37. The highest BCUT2D eigenvalue weighted by atomic mass is 16.5. The number of aliphatic hydroxyl groups excluding tert-OH is 2. The average molecular weight is 792 g/mol. The molecule has 0 amide bonds. The van der Waals surface area contributed by atoms with Gasteiger partial charge in [-0.15, -0.1) is 0 Å². The van der Waals surface area contributed by atoms with Crippen molar-refractivity contribution in [1.29, 1.82) is 0 Å². The van der Waals surface area contributed by atoms with E-state index in [1.54, 1.807) is 18.2 Å². The van der Waals surface area contributed by atoms with Crippen LogP contribution in [-0.2, 0) is 44.5 Å². The molecule has 1 aromatic rings. The first-order valence-electron chi connectivity index (χ1n) is 19.2. The average Bonchev–Trinajstić information content (AvgIpc) is 3.87. The second-order valence-corrected chi connectivity index (χ2v) is 14.7. The first kappa shape index (κ1) is 41.7. The predicted octanol–water partition coefficient (Wildman–Crippen LogP) is 5.62. The summed E-state index contributed by atoms with van der Waals surface area (Å²) in [4.78, 5) is 66.2. The number of carbonyl (C=O) groups is 4. The molecular formula is C45H49N3O10. The van der Waals surface area contributed by atoms with Gasteiger partial charge in [0.05, 0.1) is 61.2 Å². The highest BCUT2D eigenvalue weighted by molar-refractivity contribution is 6.16. The molecule has 0 radical (unpaired) electrons. The van der Waals surface area contributed by atoms with Crippen molar-refractivity contribution in [3.63, 3.8) is 0 Å². The van der Waals surface area contributed by atoms with Gasteiger partial charge in [0.1, 0.15) is 19.1 Å². The van der Waals surface area contributed by atoms with Crippen LogP contribution in [0.3, 0.4) is 0 Å². The van der Waals surface area contributed by atoms with Crippen molar-refractivity contribution in [3.05, 3.63) is 115 Å². The lowest BCUT2D eigenvalue weighted by molar-refractivity contribution is -0.149. The van der Waals surface area contributed by atoms with Gasteiger partial charge in [0.25, 0.3) is 0 Å². The fraction of sp³-hybridized carbons (Fsp3) is 0.378. The number of rotatable bonds is 13. The Morgan fingerprint density at radius 2 is 1.55 bits per heavy atom.